The third-order valence-electron chi connectivity index (χ3n) is 0.307. The molecule has 0 saturated heterocycles. The molecule has 0 bridgehead atoms. The number of rotatable bonds is 0. The molecule has 0 radical (unpaired) electrons. The van der Waals surface area contributed by atoms with E-state index in [-0.39, 0.29) is 32.7 Å². The van der Waals surface area contributed by atoms with Crippen LogP contribution in [-0.4, -0.2) is 19.3 Å². The van der Waals surface area contributed by atoms with E-state index < -0.39 is 19.3 Å². The van der Waals surface area contributed by atoms with Gasteiger partial charge in [0.05, 0.1) is 0 Å². The summed E-state index contributed by atoms with van der Waals surface area (Å²) in [6, 6.07) is 0. The van der Waals surface area contributed by atoms with Crippen molar-refractivity contribution in [2.75, 3.05) is 0 Å². The van der Waals surface area contributed by atoms with Crippen LogP contribution in [0.25, 0.3) is 0 Å². The average molecular weight is 274 g/mol. The topological polar surface area (TPSA) is 122 Å². The molecule has 0 spiro atoms. The Kier molecular flexibility index (Phi) is 17.0. The summed E-state index contributed by atoms with van der Waals surface area (Å²) < 4.78 is 21.0. The maximum atomic E-state index is 10.5. The van der Waals surface area contributed by atoms with Crippen molar-refractivity contribution in [1.29, 1.82) is 0 Å². The summed E-state index contributed by atoms with van der Waals surface area (Å²) in [6.45, 7) is 0. The van der Waals surface area contributed by atoms with Crippen LogP contribution < -0.4 is 15.1 Å². The Bertz CT molecular complexity index is 137. The van der Waals surface area contributed by atoms with Gasteiger partial charge in [0.15, 0.2) is 0 Å². The molecule has 0 aromatic rings. The van der Waals surface area contributed by atoms with Crippen LogP contribution in [0.1, 0.15) is 0 Å². The Morgan fingerprint density at radius 2 is 1.15 bits per heavy atom. The molecule has 0 rings (SSSR count). The number of hydrogen-bond acceptors (Lipinski definition) is 7. The molecule has 0 aromatic carbocycles. The third kappa shape index (κ3) is 18.7. The van der Waals surface area contributed by atoms with Gasteiger partial charge in [-0.15, -0.1) is 0 Å². The fourth-order valence-electron chi connectivity index (χ4n) is 0.0630. The largest absolute Gasteiger partial charge is 3.00 e. The molecule has 11 heteroatoms. The molecule has 0 amide bonds. The van der Waals surface area contributed by atoms with Crippen LogP contribution in [0.15, 0.2) is 0 Å². The van der Waals surface area contributed by atoms with E-state index in [2.05, 4.69) is 9.88 Å². The molecule has 0 N–H and O–H groups in total. The van der Waals surface area contributed by atoms with Gasteiger partial charge in [0.2, 0.25) is 0 Å². The standard InChI is InChI=1S/C2F2O4.BO3.Y/c3-7-1(5)2(6)8-4;2-1(3)4;/q;-3;+3. The normalized spacial score (nSPS) is 6.85. The van der Waals surface area contributed by atoms with E-state index in [0.29, 0.717) is 0 Å². The summed E-state index contributed by atoms with van der Waals surface area (Å²) in [5.41, 5.74) is 0. The Balaban J connectivity index is -0.000000173. The van der Waals surface area contributed by atoms with Gasteiger partial charge in [-0.1, -0.05) is 0 Å². The Morgan fingerprint density at radius 1 is 1.00 bits per heavy atom. The van der Waals surface area contributed by atoms with Gasteiger partial charge in [-0.05, 0) is 0 Å². The van der Waals surface area contributed by atoms with Crippen LogP contribution in [0.5, 0.6) is 0 Å². The summed E-state index contributed by atoms with van der Waals surface area (Å²) in [7, 11) is -2.92. The first kappa shape index (κ1) is 18.6. The Hall–Kier alpha value is -0.151. The second-order valence-electron chi connectivity index (χ2n) is 1.02. The minimum absolute atomic E-state index is 0. The number of halogens is 2. The molecule has 0 atom stereocenters. The molecule has 0 fully saturated rings. The van der Waals surface area contributed by atoms with Crippen molar-refractivity contribution in [3.05, 3.63) is 0 Å². The summed E-state index contributed by atoms with van der Waals surface area (Å²) >= 11 is 0. The maximum absolute atomic E-state index is 10.5. The van der Waals surface area contributed by atoms with E-state index in [9.17, 15) is 18.6 Å². The predicted octanol–water partition coefficient (Wildman–Crippen LogP) is -4.11. The van der Waals surface area contributed by atoms with Gasteiger partial charge in [-0.2, -0.15) is 0 Å². The van der Waals surface area contributed by atoms with E-state index >= 15 is 0 Å². The van der Waals surface area contributed by atoms with Crippen LogP contribution in [0.2, 0.25) is 0 Å². The van der Waals surface area contributed by atoms with E-state index in [1.807, 2.05) is 0 Å². The molecule has 0 aliphatic carbocycles. The van der Waals surface area contributed by atoms with Gasteiger partial charge in [0, 0.05) is 9.05 Å². The molecule has 0 aromatic heterocycles. The van der Waals surface area contributed by atoms with Gasteiger partial charge < -0.3 is 15.1 Å². The minimum Gasteiger partial charge on any atom is -0.907 e. The first-order valence-electron chi connectivity index (χ1n) is 2.08. The van der Waals surface area contributed by atoms with Crippen molar-refractivity contribution in [2.45, 2.75) is 0 Å². The monoisotopic (exact) mass is 274 g/mol. The fraction of sp³-hybridized carbons (Fsp3) is 0. The van der Waals surface area contributed by atoms with Crippen molar-refractivity contribution in [3.8, 4) is 0 Å². The third-order valence-corrected chi connectivity index (χ3v) is 0.307. The van der Waals surface area contributed by atoms with E-state index in [1.165, 1.54) is 0 Å². The van der Waals surface area contributed by atoms with E-state index in [0.717, 1.165) is 0 Å². The zero-order valence-corrected chi connectivity index (χ0v) is 8.61. The quantitative estimate of drug-likeness (QED) is 0.325. The molecule has 0 unspecified atom stereocenters. The van der Waals surface area contributed by atoms with Crippen molar-refractivity contribution in [3.63, 3.8) is 0 Å². The first-order chi connectivity index (χ1) is 5.45. The SMILES string of the molecule is O=C(OF)C(=O)OF.[O-]B([O-])[O-].[Y+3]. The second kappa shape index (κ2) is 11.8. The van der Waals surface area contributed by atoms with Crippen LogP contribution in [0.4, 0.5) is 9.05 Å². The number of hydrogen-bond donors (Lipinski definition) is 0. The van der Waals surface area contributed by atoms with Gasteiger partial charge >= 0.3 is 44.6 Å². The first-order valence-corrected chi connectivity index (χ1v) is 2.08. The Labute approximate surface area is 95.5 Å². The zero-order chi connectivity index (χ0) is 10.1. The molecule has 0 aliphatic heterocycles. The fourth-order valence-corrected chi connectivity index (χ4v) is 0.0630. The average Bonchev–Trinajstić information content (AvgIpc) is 2.00. The minimum atomic E-state index is -2.92. The molecule has 70 valence electrons. The second-order valence-corrected chi connectivity index (χ2v) is 1.02. The summed E-state index contributed by atoms with van der Waals surface area (Å²) in [6.07, 6.45) is 0. The molecule has 0 heterocycles. The predicted molar refractivity (Wildman–Crippen MR) is 20.2 cm³/mol. The molecule has 0 aliphatic rings. The summed E-state index contributed by atoms with van der Waals surface area (Å²) in [5, 5.41) is 25.2. The molecular weight excluding hydrogens is 274 g/mol. The smallest absolute Gasteiger partial charge is 0.907 e. The van der Waals surface area contributed by atoms with Crippen molar-refractivity contribution >= 4 is 19.3 Å². The number of carbonyl (C=O) groups excluding carboxylic acids is 2. The zero-order valence-electron chi connectivity index (χ0n) is 5.77. The van der Waals surface area contributed by atoms with Crippen molar-refractivity contribution < 1.29 is 76.3 Å². The van der Waals surface area contributed by atoms with Crippen LogP contribution in [0, 0.1) is 0 Å². The summed E-state index contributed by atoms with van der Waals surface area (Å²) in [5.74, 6) is -4.04. The maximum Gasteiger partial charge on any atom is 3.00 e. The van der Waals surface area contributed by atoms with Gasteiger partial charge in [0.25, 0.3) is 0 Å². The molecular formula is C2BF2O7Y. The van der Waals surface area contributed by atoms with Crippen molar-refractivity contribution in [1.82, 2.24) is 0 Å². The van der Waals surface area contributed by atoms with Crippen LogP contribution in [-0.2, 0) is 52.2 Å². The molecule has 0 saturated carbocycles. The summed E-state index contributed by atoms with van der Waals surface area (Å²) in [4.78, 5) is 23.4. The van der Waals surface area contributed by atoms with Crippen LogP contribution >= 0.6 is 0 Å². The van der Waals surface area contributed by atoms with Crippen LogP contribution in [0.3, 0.4) is 0 Å². The molecule has 13 heavy (non-hydrogen) atoms. The van der Waals surface area contributed by atoms with Crippen molar-refractivity contribution in [2.24, 2.45) is 0 Å². The number of carbonyl (C=O) groups is 2. The van der Waals surface area contributed by atoms with E-state index in [1.54, 1.807) is 0 Å². The van der Waals surface area contributed by atoms with Gasteiger partial charge in [-0.3, -0.25) is 7.32 Å². The van der Waals surface area contributed by atoms with Gasteiger partial charge in [-0.25, -0.2) is 19.5 Å². The van der Waals surface area contributed by atoms with E-state index in [4.69, 9.17) is 15.1 Å². The molecule has 7 nitrogen and oxygen atoms in total. The Morgan fingerprint density at radius 3 is 1.23 bits per heavy atom. The van der Waals surface area contributed by atoms with Gasteiger partial charge in [0.1, 0.15) is 0 Å².